The van der Waals surface area contributed by atoms with Gasteiger partial charge in [-0.25, -0.2) is 0 Å². The number of halogens is 1. The Labute approximate surface area is 160 Å². The Bertz CT molecular complexity index is 809. The molecule has 26 heavy (non-hydrogen) atoms. The van der Waals surface area contributed by atoms with Crippen LogP contribution in [-0.4, -0.2) is 5.97 Å². The number of carbonyl (C=O) groups excluding carboxylic acids is 1. The normalized spacial score (nSPS) is 13.5. The predicted octanol–water partition coefficient (Wildman–Crippen LogP) is 5.98. The molecule has 3 rings (SSSR count). The summed E-state index contributed by atoms with van der Waals surface area (Å²) in [6, 6.07) is 9.84. The van der Waals surface area contributed by atoms with Gasteiger partial charge in [-0.05, 0) is 67.0 Å². The number of hydrogen-bond acceptors (Lipinski definition) is 3. The highest BCUT2D eigenvalue weighted by molar-refractivity contribution is 6.32. The molecule has 0 N–H and O–H groups in total. The third kappa shape index (κ3) is 4.21. The van der Waals surface area contributed by atoms with E-state index in [0.29, 0.717) is 35.5 Å². The number of ether oxygens (including phenoxy) is 2. The maximum atomic E-state index is 11.8. The van der Waals surface area contributed by atoms with Crippen molar-refractivity contribution in [2.75, 3.05) is 0 Å². The molecule has 0 aromatic heterocycles. The van der Waals surface area contributed by atoms with E-state index in [9.17, 15) is 4.79 Å². The first-order valence-corrected chi connectivity index (χ1v) is 9.65. The van der Waals surface area contributed by atoms with Crippen LogP contribution in [0.25, 0.3) is 0 Å². The van der Waals surface area contributed by atoms with Gasteiger partial charge < -0.3 is 9.47 Å². The molecule has 3 nitrogen and oxygen atoms in total. The fourth-order valence-corrected chi connectivity index (χ4v) is 3.38. The topological polar surface area (TPSA) is 35.5 Å². The van der Waals surface area contributed by atoms with E-state index in [1.54, 1.807) is 6.92 Å². The van der Waals surface area contributed by atoms with Crippen molar-refractivity contribution in [3.63, 3.8) is 0 Å². The van der Waals surface area contributed by atoms with Crippen LogP contribution >= 0.6 is 11.6 Å². The molecule has 2 aromatic carbocycles. The SMILES string of the molecule is CCC(=O)Oc1cccc(C2CC2)c1COc1cc(C)c(CC)cc1Cl. The Morgan fingerprint density at radius 1 is 1.19 bits per heavy atom. The molecule has 0 spiro atoms. The van der Waals surface area contributed by atoms with Crippen molar-refractivity contribution in [2.24, 2.45) is 0 Å². The zero-order chi connectivity index (χ0) is 18.7. The summed E-state index contributed by atoms with van der Waals surface area (Å²) in [5.74, 6) is 1.56. The van der Waals surface area contributed by atoms with Gasteiger partial charge in [0.05, 0.1) is 5.02 Å². The van der Waals surface area contributed by atoms with Crippen LogP contribution in [0.15, 0.2) is 30.3 Å². The summed E-state index contributed by atoms with van der Waals surface area (Å²) in [6.45, 7) is 6.30. The molecule has 1 aliphatic carbocycles. The molecular formula is C22H25ClO3. The number of rotatable bonds is 7. The summed E-state index contributed by atoms with van der Waals surface area (Å²) < 4.78 is 11.6. The number of benzene rings is 2. The van der Waals surface area contributed by atoms with Gasteiger partial charge in [0, 0.05) is 12.0 Å². The van der Waals surface area contributed by atoms with Crippen molar-refractivity contribution in [1.29, 1.82) is 0 Å². The molecule has 138 valence electrons. The lowest BCUT2D eigenvalue weighted by Gasteiger charge is -2.17. The van der Waals surface area contributed by atoms with Crippen LogP contribution in [0, 0.1) is 6.92 Å². The summed E-state index contributed by atoms with van der Waals surface area (Å²) in [5.41, 5.74) is 4.55. The van der Waals surface area contributed by atoms with Gasteiger partial charge in [-0.2, -0.15) is 0 Å². The molecule has 1 fully saturated rings. The predicted molar refractivity (Wildman–Crippen MR) is 104 cm³/mol. The minimum absolute atomic E-state index is 0.236. The van der Waals surface area contributed by atoms with Crippen molar-refractivity contribution in [2.45, 2.75) is 59.0 Å². The van der Waals surface area contributed by atoms with Crippen LogP contribution in [-0.2, 0) is 17.8 Å². The van der Waals surface area contributed by atoms with Gasteiger partial charge in [-0.3, -0.25) is 4.79 Å². The number of carbonyl (C=O) groups is 1. The van der Waals surface area contributed by atoms with E-state index in [4.69, 9.17) is 21.1 Å². The molecule has 0 saturated heterocycles. The molecule has 0 heterocycles. The van der Waals surface area contributed by atoms with Gasteiger partial charge in [0.15, 0.2) is 0 Å². The Morgan fingerprint density at radius 3 is 2.62 bits per heavy atom. The van der Waals surface area contributed by atoms with Gasteiger partial charge >= 0.3 is 5.97 Å². The summed E-state index contributed by atoms with van der Waals surface area (Å²) in [6.07, 6.45) is 3.62. The lowest BCUT2D eigenvalue weighted by Crippen LogP contribution is -2.10. The first kappa shape index (κ1) is 18.8. The fraction of sp³-hybridized carbons (Fsp3) is 0.409. The van der Waals surface area contributed by atoms with E-state index in [1.165, 1.54) is 29.5 Å². The van der Waals surface area contributed by atoms with E-state index in [-0.39, 0.29) is 5.97 Å². The van der Waals surface area contributed by atoms with Gasteiger partial charge in [-0.1, -0.05) is 37.6 Å². The van der Waals surface area contributed by atoms with Gasteiger partial charge in [0.2, 0.25) is 0 Å². The third-order valence-electron chi connectivity index (χ3n) is 4.84. The Hall–Kier alpha value is -2.00. The molecule has 0 atom stereocenters. The first-order valence-electron chi connectivity index (χ1n) is 9.27. The third-order valence-corrected chi connectivity index (χ3v) is 5.14. The second-order valence-electron chi connectivity index (χ2n) is 6.78. The molecule has 0 radical (unpaired) electrons. The standard InChI is InChI=1S/C22H25ClO3/c1-4-15-12-19(23)21(11-14(15)3)25-13-18-17(16-9-10-16)7-6-8-20(18)26-22(24)5-2/h6-8,11-12,16H,4-5,9-10,13H2,1-3H3. The molecule has 1 saturated carbocycles. The van der Waals surface area contributed by atoms with Crippen LogP contribution in [0.3, 0.4) is 0 Å². The Kier molecular flexibility index (Phi) is 5.87. The maximum absolute atomic E-state index is 11.8. The molecule has 1 aliphatic rings. The van der Waals surface area contributed by atoms with Gasteiger partial charge in [0.1, 0.15) is 18.1 Å². The molecule has 0 bridgehead atoms. The average molecular weight is 373 g/mol. The number of hydrogen-bond donors (Lipinski definition) is 0. The van der Waals surface area contributed by atoms with Crippen LogP contribution in [0.4, 0.5) is 0 Å². The average Bonchev–Trinajstić information content (AvgIpc) is 3.47. The lowest BCUT2D eigenvalue weighted by atomic mass is 10.0. The van der Waals surface area contributed by atoms with E-state index in [1.807, 2.05) is 24.3 Å². The van der Waals surface area contributed by atoms with E-state index in [0.717, 1.165) is 12.0 Å². The van der Waals surface area contributed by atoms with Crippen LogP contribution in [0.1, 0.15) is 61.3 Å². The molecule has 2 aromatic rings. The smallest absolute Gasteiger partial charge is 0.310 e. The van der Waals surface area contributed by atoms with Crippen molar-refractivity contribution in [3.05, 3.63) is 57.6 Å². The monoisotopic (exact) mass is 372 g/mol. The van der Waals surface area contributed by atoms with Gasteiger partial charge in [-0.15, -0.1) is 0 Å². The van der Waals surface area contributed by atoms with Crippen LogP contribution in [0.5, 0.6) is 11.5 Å². The summed E-state index contributed by atoms with van der Waals surface area (Å²) in [4.78, 5) is 11.8. The minimum Gasteiger partial charge on any atom is -0.487 e. The number of esters is 1. The fourth-order valence-electron chi connectivity index (χ4n) is 3.14. The summed E-state index contributed by atoms with van der Waals surface area (Å²) in [7, 11) is 0. The molecular weight excluding hydrogens is 348 g/mol. The molecule has 0 aliphatic heterocycles. The highest BCUT2D eigenvalue weighted by atomic mass is 35.5. The van der Waals surface area contributed by atoms with Crippen LogP contribution in [0.2, 0.25) is 5.02 Å². The van der Waals surface area contributed by atoms with E-state index < -0.39 is 0 Å². The minimum atomic E-state index is -0.236. The van der Waals surface area contributed by atoms with E-state index >= 15 is 0 Å². The van der Waals surface area contributed by atoms with Crippen molar-refractivity contribution < 1.29 is 14.3 Å². The molecule has 4 heteroatoms. The second-order valence-corrected chi connectivity index (χ2v) is 7.18. The van der Waals surface area contributed by atoms with Crippen molar-refractivity contribution >= 4 is 17.6 Å². The maximum Gasteiger partial charge on any atom is 0.310 e. The largest absolute Gasteiger partial charge is 0.487 e. The quantitative estimate of drug-likeness (QED) is 0.442. The second kappa shape index (κ2) is 8.13. The van der Waals surface area contributed by atoms with Gasteiger partial charge in [0.25, 0.3) is 0 Å². The molecule has 0 unspecified atom stereocenters. The van der Waals surface area contributed by atoms with Crippen molar-refractivity contribution in [1.82, 2.24) is 0 Å². The molecule has 0 amide bonds. The zero-order valence-corrected chi connectivity index (χ0v) is 16.4. The van der Waals surface area contributed by atoms with Crippen molar-refractivity contribution in [3.8, 4) is 11.5 Å². The number of aryl methyl sites for hydroxylation is 2. The first-order chi connectivity index (χ1) is 12.5. The highest BCUT2D eigenvalue weighted by Crippen LogP contribution is 2.44. The Morgan fingerprint density at radius 2 is 1.96 bits per heavy atom. The summed E-state index contributed by atoms with van der Waals surface area (Å²) >= 11 is 6.40. The summed E-state index contributed by atoms with van der Waals surface area (Å²) in [5, 5.41) is 0.614. The zero-order valence-electron chi connectivity index (χ0n) is 15.6. The highest BCUT2D eigenvalue weighted by Gasteiger charge is 2.28. The lowest BCUT2D eigenvalue weighted by molar-refractivity contribution is -0.134. The Balaban J connectivity index is 1.87. The van der Waals surface area contributed by atoms with Crippen LogP contribution < -0.4 is 9.47 Å². The van der Waals surface area contributed by atoms with E-state index in [2.05, 4.69) is 19.9 Å².